The van der Waals surface area contributed by atoms with Gasteiger partial charge in [-0.3, -0.25) is 0 Å². The Morgan fingerprint density at radius 1 is 0.812 bits per heavy atom. The summed E-state index contributed by atoms with van der Waals surface area (Å²) in [7, 11) is 0. The number of hydrogen-bond acceptors (Lipinski definition) is 5. The third-order valence-corrected chi connectivity index (χ3v) is 5.78. The largest absolute Gasteiger partial charge is 0.489 e. The molecular formula is C25H14BrClO5. The molecule has 32 heavy (non-hydrogen) atoms. The fourth-order valence-corrected chi connectivity index (χ4v) is 3.93. The molecule has 0 aliphatic carbocycles. The highest BCUT2D eigenvalue weighted by Crippen LogP contribution is 2.30. The van der Waals surface area contributed by atoms with Gasteiger partial charge in [0.2, 0.25) is 0 Å². The Morgan fingerprint density at radius 3 is 2.44 bits per heavy atom. The summed E-state index contributed by atoms with van der Waals surface area (Å²) in [6.07, 6.45) is 0. The SMILES string of the molecule is O=c1cc(-c2cc3cc(Cl)ccc3oc2=O)c2ccc(OCc3ccc(Br)cc3)cc2o1. The fraction of sp³-hybridized carbons (Fsp3) is 0.0400. The minimum Gasteiger partial charge on any atom is -0.489 e. The normalized spacial score (nSPS) is 11.2. The number of rotatable bonds is 4. The second kappa shape index (κ2) is 8.30. The lowest BCUT2D eigenvalue weighted by Gasteiger charge is -2.09. The van der Waals surface area contributed by atoms with Crippen molar-refractivity contribution >= 4 is 49.5 Å². The summed E-state index contributed by atoms with van der Waals surface area (Å²) in [5.41, 5.74) is 1.26. The molecule has 0 N–H and O–H groups in total. The quantitative estimate of drug-likeness (QED) is 0.257. The van der Waals surface area contributed by atoms with E-state index in [-0.39, 0.29) is 5.56 Å². The molecule has 0 bridgehead atoms. The Hall–Kier alpha value is -3.35. The second-order valence-electron chi connectivity index (χ2n) is 7.18. The van der Waals surface area contributed by atoms with Gasteiger partial charge in [-0.15, -0.1) is 0 Å². The first-order valence-electron chi connectivity index (χ1n) is 9.65. The van der Waals surface area contributed by atoms with Crippen LogP contribution in [0, 0.1) is 0 Å². The first-order valence-corrected chi connectivity index (χ1v) is 10.8. The fourth-order valence-electron chi connectivity index (χ4n) is 3.49. The maximum absolute atomic E-state index is 12.7. The minimum atomic E-state index is -0.580. The molecule has 0 unspecified atom stereocenters. The van der Waals surface area contributed by atoms with E-state index in [2.05, 4.69) is 15.9 Å². The van der Waals surface area contributed by atoms with Gasteiger partial charge in [0, 0.05) is 38.0 Å². The van der Waals surface area contributed by atoms with Crippen molar-refractivity contribution in [1.29, 1.82) is 0 Å². The van der Waals surface area contributed by atoms with Gasteiger partial charge in [0.1, 0.15) is 23.5 Å². The Balaban J connectivity index is 1.56. The highest BCUT2D eigenvalue weighted by Gasteiger charge is 2.14. The molecule has 0 fully saturated rings. The van der Waals surface area contributed by atoms with E-state index in [0.29, 0.717) is 44.9 Å². The first-order chi connectivity index (χ1) is 15.5. The van der Waals surface area contributed by atoms with Crippen LogP contribution in [-0.4, -0.2) is 0 Å². The smallest absolute Gasteiger partial charge is 0.344 e. The van der Waals surface area contributed by atoms with Crippen molar-refractivity contribution in [2.75, 3.05) is 0 Å². The molecule has 5 rings (SSSR count). The molecule has 0 spiro atoms. The van der Waals surface area contributed by atoms with Gasteiger partial charge in [-0.1, -0.05) is 39.7 Å². The lowest BCUT2D eigenvalue weighted by molar-refractivity contribution is 0.306. The van der Waals surface area contributed by atoms with Crippen LogP contribution in [0.25, 0.3) is 33.1 Å². The summed E-state index contributed by atoms with van der Waals surface area (Å²) in [6, 6.07) is 20.9. The predicted octanol–water partition coefficient (Wildman–Crippen LogP) is 6.56. The molecule has 0 aliphatic heterocycles. The molecule has 5 aromatic rings. The van der Waals surface area contributed by atoms with Gasteiger partial charge in [0.25, 0.3) is 0 Å². The average molecular weight is 510 g/mol. The van der Waals surface area contributed by atoms with E-state index in [1.807, 2.05) is 24.3 Å². The second-order valence-corrected chi connectivity index (χ2v) is 8.53. The lowest BCUT2D eigenvalue weighted by Crippen LogP contribution is -2.06. The van der Waals surface area contributed by atoms with Crippen LogP contribution in [0.3, 0.4) is 0 Å². The van der Waals surface area contributed by atoms with Crippen LogP contribution in [0.5, 0.6) is 5.75 Å². The zero-order chi connectivity index (χ0) is 22.2. The Bertz CT molecular complexity index is 1590. The van der Waals surface area contributed by atoms with Gasteiger partial charge in [-0.2, -0.15) is 0 Å². The van der Waals surface area contributed by atoms with Gasteiger partial charge in [-0.05, 0) is 54.1 Å². The molecule has 2 aromatic heterocycles. The zero-order valence-electron chi connectivity index (χ0n) is 16.4. The van der Waals surface area contributed by atoms with E-state index in [1.165, 1.54) is 6.07 Å². The van der Waals surface area contributed by atoms with Crippen LogP contribution in [-0.2, 0) is 6.61 Å². The molecule has 0 radical (unpaired) electrons. The van der Waals surface area contributed by atoms with Gasteiger partial charge in [0.05, 0.1) is 5.56 Å². The van der Waals surface area contributed by atoms with E-state index >= 15 is 0 Å². The third-order valence-electron chi connectivity index (χ3n) is 5.02. The van der Waals surface area contributed by atoms with Gasteiger partial charge < -0.3 is 13.6 Å². The van der Waals surface area contributed by atoms with Crippen LogP contribution < -0.4 is 16.0 Å². The van der Waals surface area contributed by atoms with Gasteiger partial charge >= 0.3 is 11.3 Å². The Morgan fingerprint density at radius 2 is 1.62 bits per heavy atom. The maximum Gasteiger partial charge on any atom is 0.344 e. The maximum atomic E-state index is 12.7. The number of benzene rings is 3. The molecule has 7 heteroatoms. The minimum absolute atomic E-state index is 0.251. The molecule has 0 amide bonds. The Kier molecular flexibility index (Phi) is 5.33. The number of fused-ring (bicyclic) bond motifs is 2. The molecule has 0 aliphatic rings. The van der Waals surface area contributed by atoms with Crippen molar-refractivity contribution in [2.45, 2.75) is 6.61 Å². The molecule has 0 saturated heterocycles. The summed E-state index contributed by atoms with van der Waals surface area (Å²) in [5, 5.41) is 1.76. The zero-order valence-corrected chi connectivity index (χ0v) is 18.8. The van der Waals surface area contributed by atoms with Crippen LogP contribution >= 0.6 is 27.5 Å². The monoisotopic (exact) mass is 508 g/mol. The first kappa shape index (κ1) is 20.5. The summed E-state index contributed by atoms with van der Waals surface area (Å²) >= 11 is 9.48. The van der Waals surface area contributed by atoms with Crippen molar-refractivity contribution in [3.8, 4) is 16.9 Å². The lowest BCUT2D eigenvalue weighted by atomic mass is 10.0. The van der Waals surface area contributed by atoms with Crippen LogP contribution in [0.15, 0.2) is 95.7 Å². The standard InChI is InChI=1S/C25H14BrClO5/c26-16-3-1-14(2-4-16)13-30-18-6-7-19-20(12-24(28)31-23(19)11-18)21-10-15-9-17(27)5-8-22(15)32-25(21)29/h1-12H,13H2. The summed E-state index contributed by atoms with van der Waals surface area (Å²) < 4.78 is 17.7. The highest BCUT2D eigenvalue weighted by molar-refractivity contribution is 9.10. The molecule has 158 valence electrons. The van der Waals surface area contributed by atoms with E-state index in [0.717, 1.165) is 10.0 Å². The summed E-state index contributed by atoms with van der Waals surface area (Å²) in [5.74, 6) is 0.540. The van der Waals surface area contributed by atoms with Crippen molar-refractivity contribution in [2.24, 2.45) is 0 Å². The third kappa shape index (κ3) is 4.07. The molecular weight excluding hydrogens is 496 g/mol. The summed E-state index contributed by atoms with van der Waals surface area (Å²) in [6.45, 7) is 0.359. The van der Waals surface area contributed by atoms with Crippen LogP contribution in [0.4, 0.5) is 0 Å². The van der Waals surface area contributed by atoms with E-state index in [1.54, 1.807) is 42.5 Å². The van der Waals surface area contributed by atoms with E-state index in [9.17, 15) is 9.59 Å². The molecule has 5 nitrogen and oxygen atoms in total. The number of ether oxygens (including phenoxy) is 1. The predicted molar refractivity (Wildman–Crippen MR) is 127 cm³/mol. The van der Waals surface area contributed by atoms with Crippen molar-refractivity contribution in [3.63, 3.8) is 0 Å². The van der Waals surface area contributed by atoms with Crippen molar-refractivity contribution in [3.05, 3.63) is 109 Å². The van der Waals surface area contributed by atoms with Crippen LogP contribution in [0.1, 0.15) is 5.56 Å². The molecule has 3 aromatic carbocycles. The Labute approximate surface area is 194 Å². The topological polar surface area (TPSA) is 69.7 Å². The average Bonchev–Trinajstić information content (AvgIpc) is 2.78. The van der Waals surface area contributed by atoms with Crippen LogP contribution in [0.2, 0.25) is 5.02 Å². The molecule has 0 atom stereocenters. The molecule has 2 heterocycles. The van der Waals surface area contributed by atoms with Crippen molar-refractivity contribution in [1.82, 2.24) is 0 Å². The number of hydrogen-bond donors (Lipinski definition) is 0. The molecule has 0 saturated carbocycles. The number of halogens is 2. The summed E-state index contributed by atoms with van der Waals surface area (Å²) in [4.78, 5) is 24.9. The van der Waals surface area contributed by atoms with Gasteiger partial charge in [0.15, 0.2) is 0 Å². The van der Waals surface area contributed by atoms with E-state index < -0.39 is 11.3 Å². The van der Waals surface area contributed by atoms with Gasteiger partial charge in [-0.25, -0.2) is 9.59 Å². The van der Waals surface area contributed by atoms with Crippen molar-refractivity contribution < 1.29 is 13.6 Å². The van der Waals surface area contributed by atoms with E-state index in [4.69, 9.17) is 25.2 Å². The highest BCUT2D eigenvalue weighted by atomic mass is 79.9.